The average Bonchev–Trinajstić information content (AvgIpc) is 3.42. The van der Waals surface area contributed by atoms with Crippen LogP contribution in [0.2, 0.25) is 0 Å². The van der Waals surface area contributed by atoms with Crippen molar-refractivity contribution in [3.63, 3.8) is 0 Å². The number of hydrogen-bond donors (Lipinski definition) is 1. The highest BCUT2D eigenvalue weighted by Crippen LogP contribution is 2.29. The standard InChI is InChI=1S/C25H27N5O5S2/c1-2-34-21-14-18(8-9-20(21)35-16-23(32)30-10-12-33-13-11-30)15-26-27-22(31)17-36-25-29-28-24(37-25)19-6-4-3-5-7-19/h3-9,14-15H,2,10-13,16-17H2,1H3,(H,27,31). The maximum atomic E-state index is 12.4. The van der Waals surface area contributed by atoms with E-state index in [0.717, 1.165) is 10.6 Å². The molecule has 10 nitrogen and oxygen atoms in total. The first-order valence-electron chi connectivity index (χ1n) is 11.7. The Hall–Kier alpha value is -3.48. The molecule has 0 bridgehead atoms. The van der Waals surface area contributed by atoms with Crippen molar-refractivity contribution in [1.82, 2.24) is 20.5 Å². The van der Waals surface area contributed by atoms with E-state index in [1.165, 1.54) is 29.3 Å². The molecule has 1 aliphatic heterocycles. The number of nitrogens with one attached hydrogen (secondary N) is 1. The summed E-state index contributed by atoms with van der Waals surface area (Å²) < 4.78 is 17.4. The van der Waals surface area contributed by atoms with Crippen LogP contribution in [-0.4, -0.2) is 78.4 Å². The van der Waals surface area contributed by atoms with Gasteiger partial charge in [-0.05, 0) is 30.7 Å². The van der Waals surface area contributed by atoms with Gasteiger partial charge in [0.1, 0.15) is 5.01 Å². The van der Waals surface area contributed by atoms with E-state index in [9.17, 15) is 9.59 Å². The van der Waals surface area contributed by atoms with Crippen LogP contribution in [0.4, 0.5) is 0 Å². The third-order valence-electron chi connectivity index (χ3n) is 5.14. The Kier molecular flexibility index (Phi) is 9.86. The van der Waals surface area contributed by atoms with E-state index in [2.05, 4.69) is 20.7 Å². The largest absolute Gasteiger partial charge is 0.490 e. The van der Waals surface area contributed by atoms with Crippen molar-refractivity contribution in [1.29, 1.82) is 0 Å². The first kappa shape index (κ1) is 26.6. The number of amides is 2. The van der Waals surface area contributed by atoms with Crippen molar-refractivity contribution in [3.8, 4) is 22.1 Å². The van der Waals surface area contributed by atoms with Crippen LogP contribution < -0.4 is 14.9 Å². The van der Waals surface area contributed by atoms with Crippen molar-refractivity contribution >= 4 is 41.1 Å². The third-order valence-corrected chi connectivity index (χ3v) is 7.25. The molecule has 1 aliphatic rings. The second-order valence-electron chi connectivity index (χ2n) is 7.74. The molecular formula is C25H27N5O5S2. The zero-order valence-electron chi connectivity index (χ0n) is 20.3. The zero-order valence-corrected chi connectivity index (χ0v) is 21.9. The van der Waals surface area contributed by atoms with Crippen molar-refractivity contribution < 1.29 is 23.8 Å². The number of rotatable bonds is 11. The Morgan fingerprint density at radius 3 is 2.73 bits per heavy atom. The predicted octanol–water partition coefficient (Wildman–Crippen LogP) is 3.08. The molecular weight excluding hydrogens is 514 g/mol. The normalized spacial score (nSPS) is 13.5. The van der Waals surface area contributed by atoms with Crippen LogP contribution in [0.3, 0.4) is 0 Å². The molecule has 0 aliphatic carbocycles. The lowest BCUT2D eigenvalue weighted by molar-refractivity contribution is -0.137. The lowest BCUT2D eigenvalue weighted by Crippen LogP contribution is -2.43. The Morgan fingerprint density at radius 1 is 1.14 bits per heavy atom. The van der Waals surface area contributed by atoms with Crippen LogP contribution in [0.5, 0.6) is 11.5 Å². The van der Waals surface area contributed by atoms with Gasteiger partial charge in [0.25, 0.3) is 11.8 Å². The van der Waals surface area contributed by atoms with E-state index in [0.29, 0.717) is 54.3 Å². The highest BCUT2D eigenvalue weighted by molar-refractivity contribution is 8.01. The monoisotopic (exact) mass is 541 g/mol. The van der Waals surface area contributed by atoms with Gasteiger partial charge in [-0.3, -0.25) is 9.59 Å². The molecule has 0 unspecified atom stereocenters. The van der Waals surface area contributed by atoms with Gasteiger partial charge in [-0.1, -0.05) is 53.4 Å². The Bertz CT molecular complexity index is 1220. The summed E-state index contributed by atoms with van der Waals surface area (Å²) in [4.78, 5) is 26.3. The fraction of sp³-hybridized carbons (Fsp3) is 0.320. The SMILES string of the molecule is CCOc1cc(C=NNC(=O)CSc2nnc(-c3ccccc3)s2)ccc1OCC(=O)N1CCOCC1. The number of aromatic nitrogens is 2. The van der Waals surface area contributed by atoms with Gasteiger partial charge < -0.3 is 19.1 Å². The molecule has 3 aromatic rings. The summed E-state index contributed by atoms with van der Waals surface area (Å²) in [6.45, 7) is 4.42. The maximum absolute atomic E-state index is 12.4. The molecule has 4 rings (SSSR count). The Morgan fingerprint density at radius 2 is 1.95 bits per heavy atom. The number of thioether (sulfide) groups is 1. The molecule has 2 amide bonds. The van der Waals surface area contributed by atoms with Gasteiger partial charge >= 0.3 is 0 Å². The molecule has 1 fully saturated rings. The van der Waals surface area contributed by atoms with Gasteiger partial charge in [0.2, 0.25) is 0 Å². The quantitative estimate of drug-likeness (QED) is 0.224. The first-order chi connectivity index (χ1) is 18.1. The highest BCUT2D eigenvalue weighted by Gasteiger charge is 2.18. The van der Waals surface area contributed by atoms with Crippen molar-refractivity contribution in [2.75, 3.05) is 45.3 Å². The number of hydrogen-bond acceptors (Lipinski definition) is 10. The number of hydrazone groups is 1. The predicted molar refractivity (Wildman–Crippen MR) is 142 cm³/mol. The number of carbonyl (C=O) groups is 2. The molecule has 1 saturated heterocycles. The maximum Gasteiger partial charge on any atom is 0.260 e. The van der Waals surface area contributed by atoms with E-state index in [-0.39, 0.29) is 24.2 Å². The van der Waals surface area contributed by atoms with Crippen molar-refractivity contribution in [2.45, 2.75) is 11.3 Å². The first-order valence-corrected chi connectivity index (χ1v) is 13.5. The molecule has 2 aromatic carbocycles. The minimum absolute atomic E-state index is 0.0807. The van der Waals surface area contributed by atoms with Gasteiger partial charge in [0, 0.05) is 18.7 Å². The zero-order chi connectivity index (χ0) is 25.9. The third kappa shape index (κ3) is 8.00. The topological polar surface area (TPSA) is 115 Å². The molecule has 0 spiro atoms. The van der Waals surface area contributed by atoms with Crippen molar-refractivity contribution in [2.24, 2.45) is 5.10 Å². The number of ether oxygens (including phenoxy) is 3. The van der Waals surface area contributed by atoms with E-state index >= 15 is 0 Å². The summed E-state index contributed by atoms with van der Waals surface area (Å²) in [5.74, 6) is 0.766. The number of benzene rings is 2. The number of nitrogens with zero attached hydrogens (tertiary/aromatic N) is 4. The molecule has 0 atom stereocenters. The molecule has 2 heterocycles. The fourth-order valence-corrected chi connectivity index (χ4v) is 4.99. The van der Waals surface area contributed by atoms with Gasteiger partial charge in [0.05, 0.1) is 31.8 Å². The summed E-state index contributed by atoms with van der Waals surface area (Å²) in [5, 5.41) is 13.2. The lowest BCUT2D eigenvalue weighted by Gasteiger charge is -2.26. The molecule has 0 saturated carbocycles. The van der Waals surface area contributed by atoms with Crippen LogP contribution in [-0.2, 0) is 14.3 Å². The lowest BCUT2D eigenvalue weighted by atomic mass is 10.2. The van der Waals surface area contributed by atoms with E-state index in [4.69, 9.17) is 14.2 Å². The summed E-state index contributed by atoms with van der Waals surface area (Å²) in [6, 6.07) is 15.0. The summed E-state index contributed by atoms with van der Waals surface area (Å²) >= 11 is 2.74. The molecule has 1 aromatic heterocycles. The van der Waals surface area contributed by atoms with Gasteiger partial charge in [0.15, 0.2) is 22.4 Å². The van der Waals surface area contributed by atoms with Gasteiger partial charge in [-0.25, -0.2) is 5.43 Å². The average molecular weight is 542 g/mol. The fourth-order valence-electron chi connectivity index (χ4n) is 3.34. The van der Waals surface area contributed by atoms with Gasteiger partial charge in [-0.15, -0.1) is 10.2 Å². The summed E-state index contributed by atoms with van der Waals surface area (Å²) in [6.07, 6.45) is 1.52. The minimum Gasteiger partial charge on any atom is -0.490 e. The van der Waals surface area contributed by atoms with E-state index in [1.807, 2.05) is 37.3 Å². The molecule has 12 heteroatoms. The Balaban J connectivity index is 1.26. The highest BCUT2D eigenvalue weighted by atomic mass is 32.2. The summed E-state index contributed by atoms with van der Waals surface area (Å²) in [5.41, 5.74) is 4.22. The molecule has 1 N–H and O–H groups in total. The van der Waals surface area contributed by atoms with Crippen LogP contribution >= 0.6 is 23.1 Å². The van der Waals surface area contributed by atoms with Crippen LogP contribution in [0.15, 0.2) is 58.0 Å². The smallest absolute Gasteiger partial charge is 0.260 e. The minimum atomic E-state index is -0.260. The van der Waals surface area contributed by atoms with Crippen molar-refractivity contribution in [3.05, 3.63) is 54.1 Å². The Labute approximate surface area is 223 Å². The number of carbonyl (C=O) groups excluding carboxylic acids is 2. The summed E-state index contributed by atoms with van der Waals surface area (Å²) in [7, 11) is 0. The molecule has 0 radical (unpaired) electrons. The second-order valence-corrected chi connectivity index (χ2v) is 9.94. The molecule has 37 heavy (non-hydrogen) atoms. The van der Waals surface area contributed by atoms with Crippen LogP contribution in [0.25, 0.3) is 10.6 Å². The van der Waals surface area contributed by atoms with E-state index in [1.54, 1.807) is 23.1 Å². The van der Waals surface area contributed by atoms with E-state index < -0.39 is 0 Å². The van der Waals surface area contributed by atoms with Crippen LogP contribution in [0.1, 0.15) is 12.5 Å². The molecule has 194 valence electrons. The number of morpholine rings is 1. The van der Waals surface area contributed by atoms with Gasteiger partial charge in [-0.2, -0.15) is 5.10 Å². The van der Waals surface area contributed by atoms with Crippen LogP contribution in [0, 0.1) is 0 Å². The second kappa shape index (κ2) is 13.7.